The molecule has 0 saturated carbocycles. The highest BCUT2D eigenvalue weighted by molar-refractivity contribution is 5.73. The van der Waals surface area contributed by atoms with Gasteiger partial charge in [-0.25, -0.2) is 4.79 Å². The molecule has 6 heteroatoms. The number of rotatable bonds is 1. The van der Waals surface area contributed by atoms with E-state index < -0.39 is 12.1 Å². The lowest BCUT2D eigenvalue weighted by Gasteiger charge is -2.35. The van der Waals surface area contributed by atoms with Crippen molar-refractivity contribution < 1.29 is 19.4 Å². The van der Waals surface area contributed by atoms with E-state index in [0.29, 0.717) is 25.3 Å². The molecule has 3 aliphatic rings. The Kier molecular flexibility index (Phi) is 3.06. The standard InChI is InChI=1S/C17H20N2O4/c1-22-12-3-2-10-9-19(16(18)21)7-6-17-5-4-11(20)8-13(17)23-15(12)14(10)17/h2-5,11,13,20H,6-9H2,1H3,(H2,18,21)/t11-,13+,17+/m0/s1. The van der Waals surface area contributed by atoms with Crippen LogP contribution in [0.1, 0.15) is 24.0 Å². The van der Waals surface area contributed by atoms with E-state index in [1.165, 1.54) is 0 Å². The van der Waals surface area contributed by atoms with Crippen molar-refractivity contribution >= 4 is 6.03 Å². The number of benzene rings is 1. The van der Waals surface area contributed by atoms with Gasteiger partial charge in [-0.1, -0.05) is 18.2 Å². The molecule has 23 heavy (non-hydrogen) atoms. The fraction of sp³-hybridized carbons (Fsp3) is 0.471. The van der Waals surface area contributed by atoms with Crippen LogP contribution in [0.15, 0.2) is 24.3 Å². The van der Waals surface area contributed by atoms with Crippen LogP contribution >= 0.6 is 0 Å². The van der Waals surface area contributed by atoms with E-state index >= 15 is 0 Å². The summed E-state index contributed by atoms with van der Waals surface area (Å²) < 4.78 is 11.7. The number of hydrogen-bond acceptors (Lipinski definition) is 4. The predicted octanol–water partition coefficient (Wildman–Crippen LogP) is 1.30. The maximum absolute atomic E-state index is 11.7. The predicted molar refractivity (Wildman–Crippen MR) is 83.5 cm³/mol. The third-order valence-corrected chi connectivity index (χ3v) is 5.27. The van der Waals surface area contributed by atoms with E-state index in [9.17, 15) is 9.90 Å². The second kappa shape index (κ2) is 4.89. The van der Waals surface area contributed by atoms with Crippen LogP contribution in [0.3, 0.4) is 0 Å². The number of aliphatic hydroxyl groups excluding tert-OH is 1. The van der Waals surface area contributed by atoms with E-state index in [0.717, 1.165) is 23.3 Å². The third-order valence-electron chi connectivity index (χ3n) is 5.27. The average molecular weight is 316 g/mol. The number of nitrogens with two attached hydrogens (primary N) is 1. The molecule has 0 radical (unpaired) electrons. The van der Waals surface area contributed by atoms with E-state index in [2.05, 4.69) is 0 Å². The molecule has 3 N–H and O–H groups in total. The van der Waals surface area contributed by atoms with Crippen molar-refractivity contribution in [1.29, 1.82) is 0 Å². The largest absolute Gasteiger partial charge is 0.493 e. The first kappa shape index (κ1) is 14.4. The zero-order chi connectivity index (χ0) is 16.2. The van der Waals surface area contributed by atoms with Crippen LogP contribution in [-0.2, 0) is 12.0 Å². The summed E-state index contributed by atoms with van der Waals surface area (Å²) in [6, 6.07) is 3.43. The van der Waals surface area contributed by atoms with Crippen LogP contribution in [0, 0.1) is 0 Å². The number of carbonyl (C=O) groups is 1. The van der Waals surface area contributed by atoms with E-state index in [4.69, 9.17) is 15.2 Å². The number of primary amides is 1. The molecule has 0 fully saturated rings. The van der Waals surface area contributed by atoms with E-state index in [1.807, 2.05) is 24.3 Å². The quantitative estimate of drug-likeness (QED) is 0.765. The molecule has 2 heterocycles. The lowest BCUT2D eigenvalue weighted by molar-refractivity contribution is 0.0823. The normalized spacial score (nSPS) is 31.0. The molecule has 122 valence electrons. The summed E-state index contributed by atoms with van der Waals surface area (Å²) in [4.78, 5) is 13.4. The van der Waals surface area contributed by atoms with E-state index in [-0.39, 0.29) is 11.5 Å². The molecule has 1 spiro atoms. The summed E-state index contributed by atoms with van der Waals surface area (Å²) in [6.07, 6.45) is 4.47. The monoisotopic (exact) mass is 316 g/mol. The minimum absolute atomic E-state index is 0.152. The smallest absolute Gasteiger partial charge is 0.315 e. The highest BCUT2D eigenvalue weighted by Gasteiger charge is 2.53. The average Bonchev–Trinajstić information content (AvgIpc) is 2.75. The molecule has 1 aromatic rings. The summed E-state index contributed by atoms with van der Waals surface area (Å²) in [7, 11) is 1.62. The van der Waals surface area contributed by atoms with Crippen molar-refractivity contribution in [3.63, 3.8) is 0 Å². The summed E-state index contributed by atoms with van der Waals surface area (Å²) in [5.74, 6) is 1.42. The lowest BCUT2D eigenvalue weighted by Crippen LogP contribution is -2.43. The van der Waals surface area contributed by atoms with Crippen molar-refractivity contribution in [1.82, 2.24) is 4.90 Å². The summed E-state index contributed by atoms with van der Waals surface area (Å²) >= 11 is 0. The Hall–Kier alpha value is -2.21. The highest BCUT2D eigenvalue weighted by atomic mass is 16.5. The van der Waals surface area contributed by atoms with Crippen molar-refractivity contribution in [2.24, 2.45) is 5.73 Å². The Labute approximate surface area is 134 Å². The first-order chi connectivity index (χ1) is 11.0. The Morgan fingerprint density at radius 2 is 2.35 bits per heavy atom. The van der Waals surface area contributed by atoms with Gasteiger partial charge in [-0.2, -0.15) is 0 Å². The minimum Gasteiger partial charge on any atom is -0.493 e. The maximum atomic E-state index is 11.7. The number of methoxy groups -OCH3 is 1. The van der Waals surface area contributed by atoms with Gasteiger partial charge in [0.2, 0.25) is 0 Å². The third kappa shape index (κ3) is 1.94. The molecule has 0 unspecified atom stereocenters. The molecule has 0 bridgehead atoms. The fourth-order valence-electron chi connectivity index (χ4n) is 4.12. The molecule has 1 aliphatic carbocycles. The summed E-state index contributed by atoms with van der Waals surface area (Å²) in [6.45, 7) is 1.03. The molecule has 1 aromatic carbocycles. The molecular weight excluding hydrogens is 296 g/mol. The van der Waals surface area contributed by atoms with Gasteiger partial charge < -0.3 is 25.2 Å². The van der Waals surface area contributed by atoms with Gasteiger partial charge >= 0.3 is 6.03 Å². The molecule has 2 amide bonds. The van der Waals surface area contributed by atoms with Crippen molar-refractivity contribution in [3.05, 3.63) is 35.4 Å². The number of aliphatic hydroxyl groups is 1. The van der Waals surface area contributed by atoms with Gasteiger partial charge in [0, 0.05) is 25.1 Å². The van der Waals surface area contributed by atoms with Crippen LogP contribution in [-0.4, -0.2) is 41.9 Å². The Bertz CT molecular complexity index is 702. The molecular formula is C17H20N2O4. The van der Waals surface area contributed by atoms with Gasteiger partial charge in [0.25, 0.3) is 0 Å². The zero-order valence-electron chi connectivity index (χ0n) is 13.0. The van der Waals surface area contributed by atoms with Gasteiger partial charge in [-0.3, -0.25) is 0 Å². The van der Waals surface area contributed by atoms with Gasteiger partial charge in [0.15, 0.2) is 11.5 Å². The van der Waals surface area contributed by atoms with Crippen LogP contribution in [0.2, 0.25) is 0 Å². The molecule has 4 rings (SSSR count). The summed E-state index contributed by atoms with van der Waals surface area (Å²) in [5, 5.41) is 9.99. The van der Waals surface area contributed by atoms with Crippen LogP contribution in [0.25, 0.3) is 0 Å². The minimum atomic E-state index is -0.509. The zero-order valence-corrected chi connectivity index (χ0v) is 13.0. The van der Waals surface area contributed by atoms with Crippen LogP contribution < -0.4 is 15.2 Å². The number of amides is 2. The molecule has 0 aromatic heterocycles. The van der Waals surface area contributed by atoms with Crippen LogP contribution in [0.5, 0.6) is 11.5 Å². The first-order valence-electron chi connectivity index (χ1n) is 7.84. The Morgan fingerprint density at radius 1 is 1.52 bits per heavy atom. The number of ether oxygens (including phenoxy) is 2. The maximum Gasteiger partial charge on any atom is 0.315 e. The molecule has 2 aliphatic heterocycles. The second-order valence-electron chi connectivity index (χ2n) is 6.45. The lowest BCUT2D eigenvalue weighted by atomic mass is 9.69. The van der Waals surface area contributed by atoms with Crippen molar-refractivity contribution in [3.8, 4) is 11.5 Å². The van der Waals surface area contributed by atoms with Gasteiger partial charge in [-0.05, 0) is 18.1 Å². The van der Waals surface area contributed by atoms with Crippen LogP contribution in [0.4, 0.5) is 4.79 Å². The van der Waals surface area contributed by atoms with Crippen molar-refractivity contribution in [2.75, 3.05) is 13.7 Å². The fourth-order valence-corrected chi connectivity index (χ4v) is 4.12. The topological polar surface area (TPSA) is 85.0 Å². The van der Waals surface area contributed by atoms with Gasteiger partial charge in [0.05, 0.1) is 18.6 Å². The van der Waals surface area contributed by atoms with E-state index in [1.54, 1.807) is 12.0 Å². The SMILES string of the molecule is COc1ccc2c3c1O[C@@H]1C[C@@H](O)C=C[C@]31CCN(C(N)=O)C2. The molecule has 6 nitrogen and oxygen atoms in total. The number of urea groups is 1. The van der Waals surface area contributed by atoms with Gasteiger partial charge in [-0.15, -0.1) is 0 Å². The van der Waals surface area contributed by atoms with Gasteiger partial charge in [0.1, 0.15) is 6.10 Å². The number of nitrogens with zero attached hydrogens (tertiary/aromatic N) is 1. The first-order valence-corrected chi connectivity index (χ1v) is 7.84. The Morgan fingerprint density at radius 3 is 3.09 bits per heavy atom. The summed E-state index contributed by atoms with van der Waals surface area (Å²) in [5.41, 5.74) is 7.29. The highest BCUT2D eigenvalue weighted by Crippen LogP contribution is 2.55. The second-order valence-corrected chi connectivity index (χ2v) is 6.45. The Balaban J connectivity index is 1.92. The number of carbonyl (C=O) groups excluding carboxylic acids is 1. The van der Waals surface area contributed by atoms with Crippen molar-refractivity contribution in [2.45, 2.75) is 37.0 Å². The molecule has 3 atom stereocenters. The molecule has 0 saturated heterocycles. The number of hydrogen-bond donors (Lipinski definition) is 2.